The highest BCUT2D eigenvalue weighted by molar-refractivity contribution is 6.06. The van der Waals surface area contributed by atoms with Gasteiger partial charge < -0.3 is 14.6 Å². The molecule has 4 rings (SSSR count). The zero-order valence-electron chi connectivity index (χ0n) is 18.3. The number of carbonyl (C=O) groups is 1. The lowest BCUT2D eigenvalue weighted by molar-refractivity contribution is 0.102. The van der Waals surface area contributed by atoms with Crippen LogP contribution in [-0.4, -0.2) is 49.2 Å². The zero-order valence-corrected chi connectivity index (χ0v) is 18.3. The molecule has 0 saturated carbocycles. The van der Waals surface area contributed by atoms with Crippen LogP contribution in [0.4, 0.5) is 10.2 Å². The Balaban J connectivity index is 1.60. The predicted molar refractivity (Wildman–Crippen MR) is 118 cm³/mol. The number of nitrogens with one attached hydrogen (secondary N) is 1. The van der Waals surface area contributed by atoms with Crippen molar-refractivity contribution in [3.8, 4) is 11.5 Å². The molecule has 0 aliphatic carbocycles. The lowest BCUT2D eigenvalue weighted by atomic mass is 10.1. The molecule has 0 saturated heterocycles. The molecule has 1 atom stereocenters. The van der Waals surface area contributed by atoms with Crippen LogP contribution < -0.4 is 5.32 Å². The van der Waals surface area contributed by atoms with Crippen LogP contribution in [0, 0.1) is 5.82 Å². The molecule has 1 N–H and O–H groups in total. The van der Waals surface area contributed by atoms with Crippen LogP contribution in [0.2, 0.25) is 0 Å². The SMILES string of the molecule is COC[C@@H](C)n1cc2cc(F)c(C(=O)Nc3cccc(-c4nncn4C(C)C)n3)cc2n1. The highest BCUT2D eigenvalue weighted by Crippen LogP contribution is 2.23. The summed E-state index contributed by atoms with van der Waals surface area (Å²) in [4.78, 5) is 17.3. The molecule has 9 nitrogen and oxygen atoms in total. The topological polar surface area (TPSA) is 99.8 Å². The van der Waals surface area contributed by atoms with Crippen molar-refractivity contribution in [2.75, 3.05) is 19.0 Å². The normalized spacial score (nSPS) is 12.4. The number of benzene rings is 1. The molecule has 0 radical (unpaired) electrons. The van der Waals surface area contributed by atoms with Gasteiger partial charge in [0, 0.05) is 24.7 Å². The first kappa shape index (κ1) is 21.6. The van der Waals surface area contributed by atoms with E-state index in [4.69, 9.17) is 4.74 Å². The van der Waals surface area contributed by atoms with Crippen LogP contribution in [0.25, 0.3) is 22.4 Å². The van der Waals surface area contributed by atoms with Crippen LogP contribution in [0.3, 0.4) is 0 Å². The maximum atomic E-state index is 14.7. The van der Waals surface area contributed by atoms with Crippen molar-refractivity contribution in [2.24, 2.45) is 0 Å². The van der Waals surface area contributed by atoms with Gasteiger partial charge in [0.15, 0.2) is 5.82 Å². The Morgan fingerprint density at radius 1 is 1.25 bits per heavy atom. The van der Waals surface area contributed by atoms with Gasteiger partial charge in [-0.3, -0.25) is 9.48 Å². The largest absolute Gasteiger partial charge is 0.382 e. The third-order valence-corrected chi connectivity index (χ3v) is 5.06. The summed E-state index contributed by atoms with van der Waals surface area (Å²) >= 11 is 0. The molecule has 0 unspecified atom stereocenters. The number of anilines is 1. The van der Waals surface area contributed by atoms with Gasteiger partial charge in [-0.05, 0) is 45.0 Å². The van der Waals surface area contributed by atoms with Gasteiger partial charge in [-0.1, -0.05) is 6.07 Å². The van der Waals surface area contributed by atoms with Crippen molar-refractivity contribution < 1.29 is 13.9 Å². The molecule has 0 aliphatic heterocycles. The van der Waals surface area contributed by atoms with E-state index in [1.807, 2.05) is 25.3 Å². The highest BCUT2D eigenvalue weighted by Gasteiger charge is 2.18. The van der Waals surface area contributed by atoms with Crippen molar-refractivity contribution in [3.05, 3.63) is 54.2 Å². The molecule has 3 aromatic heterocycles. The standard InChI is InChI=1S/C22H24FN7O2/c1-13(2)29-12-24-27-21(29)18-6-5-7-20(25-18)26-22(31)16-9-19-15(8-17(16)23)10-30(28-19)14(3)11-32-4/h5-10,12-14H,11H2,1-4H3,(H,25,26,31)/t14-/m1/s1. The fourth-order valence-electron chi connectivity index (χ4n) is 3.40. The van der Waals surface area contributed by atoms with Crippen LogP contribution in [0.15, 0.2) is 42.9 Å². The Hall–Kier alpha value is -3.66. The molecule has 0 fully saturated rings. The summed E-state index contributed by atoms with van der Waals surface area (Å²) in [6.07, 6.45) is 3.36. The number of nitrogens with zero attached hydrogens (tertiary/aromatic N) is 6. The predicted octanol–water partition coefficient (Wildman–Crippen LogP) is 3.87. The molecule has 1 aromatic carbocycles. The molecule has 32 heavy (non-hydrogen) atoms. The number of fused-ring (bicyclic) bond motifs is 1. The summed E-state index contributed by atoms with van der Waals surface area (Å²) in [7, 11) is 1.61. The molecule has 1 amide bonds. The molecule has 166 valence electrons. The van der Waals surface area contributed by atoms with E-state index in [9.17, 15) is 9.18 Å². The smallest absolute Gasteiger partial charge is 0.259 e. The van der Waals surface area contributed by atoms with E-state index in [1.165, 1.54) is 12.1 Å². The minimum absolute atomic E-state index is 0.0208. The Kier molecular flexibility index (Phi) is 5.95. The minimum Gasteiger partial charge on any atom is -0.382 e. The first-order valence-electron chi connectivity index (χ1n) is 10.2. The molecule has 4 aromatic rings. The Morgan fingerprint density at radius 3 is 2.81 bits per heavy atom. The van der Waals surface area contributed by atoms with E-state index in [-0.39, 0.29) is 23.5 Å². The Labute approximate surface area is 184 Å². The quantitative estimate of drug-likeness (QED) is 0.471. The maximum absolute atomic E-state index is 14.7. The number of carbonyl (C=O) groups excluding carboxylic acids is 1. The van der Waals surface area contributed by atoms with Gasteiger partial charge >= 0.3 is 0 Å². The van der Waals surface area contributed by atoms with Gasteiger partial charge in [0.05, 0.1) is 23.7 Å². The van der Waals surface area contributed by atoms with Gasteiger partial charge in [-0.15, -0.1) is 10.2 Å². The summed E-state index contributed by atoms with van der Waals surface area (Å²) in [5.74, 6) is -0.382. The summed E-state index contributed by atoms with van der Waals surface area (Å²) < 4.78 is 23.4. The molecule has 10 heteroatoms. The number of halogens is 1. The molecule has 3 heterocycles. The monoisotopic (exact) mass is 437 g/mol. The van der Waals surface area contributed by atoms with Crippen molar-refractivity contribution in [2.45, 2.75) is 32.9 Å². The van der Waals surface area contributed by atoms with Crippen molar-refractivity contribution in [1.29, 1.82) is 0 Å². The number of ether oxygens (including phenoxy) is 1. The number of methoxy groups -OCH3 is 1. The van der Waals surface area contributed by atoms with Gasteiger partial charge in [0.1, 0.15) is 23.7 Å². The lowest BCUT2D eigenvalue weighted by Crippen LogP contribution is -2.15. The molecule has 0 spiro atoms. The first-order valence-corrected chi connectivity index (χ1v) is 10.2. The molecule has 0 aliphatic rings. The van der Waals surface area contributed by atoms with E-state index in [0.29, 0.717) is 29.0 Å². The highest BCUT2D eigenvalue weighted by atomic mass is 19.1. The van der Waals surface area contributed by atoms with Crippen LogP contribution in [0.5, 0.6) is 0 Å². The van der Waals surface area contributed by atoms with Crippen LogP contribution >= 0.6 is 0 Å². The van der Waals surface area contributed by atoms with Crippen LogP contribution in [-0.2, 0) is 4.74 Å². The number of hydrogen-bond acceptors (Lipinski definition) is 6. The first-order chi connectivity index (χ1) is 15.4. The number of hydrogen-bond donors (Lipinski definition) is 1. The third kappa shape index (κ3) is 4.22. The summed E-state index contributed by atoms with van der Waals surface area (Å²) in [6, 6.07) is 8.03. The van der Waals surface area contributed by atoms with Gasteiger partial charge in [0.25, 0.3) is 5.91 Å². The molecular weight excluding hydrogens is 413 g/mol. The second-order valence-corrected chi connectivity index (χ2v) is 7.82. The summed E-state index contributed by atoms with van der Waals surface area (Å²) in [5.41, 5.74) is 0.960. The number of aromatic nitrogens is 6. The van der Waals surface area contributed by atoms with E-state index in [1.54, 1.807) is 42.5 Å². The second kappa shape index (κ2) is 8.83. The number of amides is 1. The Morgan fingerprint density at radius 2 is 2.06 bits per heavy atom. The van der Waals surface area contributed by atoms with E-state index in [2.05, 4.69) is 25.6 Å². The zero-order chi connectivity index (χ0) is 22.8. The Bertz CT molecular complexity index is 1260. The number of pyridine rings is 1. The van der Waals surface area contributed by atoms with E-state index >= 15 is 0 Å². The van der Waals surface area contributed by atoms with Crippen molar-refractivity contribution in [1.82, 2.24) is 29.5 Å². The number of rotatable bonds is 7. The minimum atomic E-state index is -0.635. The fraction of sp³-hybridized carbons (Fsp3) is 0.318. The summed E-state index contributed by atoms with van der Waals surface area (Å²) in [6.45, 7) is 6.43. The van der Waals surface area contributed by atoms with Crippen LogP contribution in [0.1, 0.15) is 43.2 Å². The average molecular weight is 437 g/mol. The lowest BCUT2D eigenvalue weighted by Gasteiger charge is -2.11. The van der Waals surface area contributed by atoms with Crippen molar-refractivity contribution in [3.63, 3.8) is 0 Å². The van der Waals surface area contributed by atoms with Gasteiger partial charge in [0.2, 0.25) is 0 Å². The molecular formula is C22H24FN7O2. The van der Waals surface area contributed by atoms with E-state index < -0.39 is 11.7 Å². The van der Waals surface area contributed by atoms with E-state index in [0.717, 1.165) is 0 Å². The molecule has 0 bridgehead atoms. The second-order valence-electron chi connectivity index (χ2n) is 7.82. The third-order valence-electron chi connectivity index (χ3n) is 5.06. The maximum Gasteiger partial charge on any atom is 0.259 e. The average Bonchev–Trinajstić information content (AvgIpc) is 3.40. The van der Waals surface area contributed by atoms with Gasteiger partial charge in [-0.2, -0.15) is 5.10 Å². The van der Waals surface area contributed by atoms with Gasteiger partial charge in [-0.25, -0.2) is 9.37 Å². The summed E-state index contributed by atoms with van der Waals surface area (Å²) in [5, 5.41) is 15.8. The van der Waals surface area contributed by atoms with Crippen molar-refractivity contribution >= 4 is 22.6 Å². The fourth-order valence-corrected chi connectivity index (χ4v) is 3.40.